The summed E-state index contributed by atoms with van der Waals surface area (Å²) >= 11 is 11.4. The van der Waals surface area contributed by atoms with E-state index in [-0.39, 0.29) is 10.0 Å². The molecule has 0 bridgehead atoms. The molecule has 1 atom stereocenters. The van der Waals surface area contributed by atoms with Gasteiger partial charge in [0.05, 0.1) is 6.42 Å². The van der Waals surface area contributed by atoms with Gasteiger partial charge in [0.2, 0.25) is 11.8 Å². The van der Waals surface area contributed by atoms with E-state index in [1.807, 2.05) is 0 Å². The first-order valence-electron chi connectivity index (χ1n) is 5.44. The first kappa shape index (κ1) is 15.1. The van der Waals surface area contributed by atoms with Crippen LogP contribution < -0.4 is 0 Å². The zero-order chi connectivity index (χ0) is 15.3. The Labute approximate surface area is 122 Å². The molecular weight excluding hydrogens is 318 g/mol. The maximum Gasteiger partial charge on any atom is 0.407 e. The highest BCUT2D eigenvalue weighted by Gasteiger charge is 2.67. The van der Waals surface area contributed by atoms with Gasteiger partial charge in [0, 0.05) is 17.1 Å². The molecule has 0 aromatic heterocycles. The lowest BCUT2D eigenvalue weighted by Gasteiger charge is -2.29. The molecule has 3 nitrogen and oxygen atoms in total. The summed E-state index contributed by atoms with van der Waals surface area (Å²) in [5.41, 5.74) is -3.35. The molecule has 1 aliphatic heterocycles. The number of halogens is 5. The molecule has 1 fully saturated rings. The highest BCUT2D eigenvalue weighted by molar-refractivity contribution is 6.34. The van der Waals surface area contributed by atoms with Crippen molar-refractivity contribution in [3.05, 3.63) is 33.8 Å². The molecule has 8 heteroatoms. The Hall–Kier alpha value is -1.27. The van der Waals surface area contributed by atoms with Crippen molar-refractivity contribution in [1.29, 1.82) is 0 Å². The molecule has 1 unspecified atom stereocenters. The van der Waals surface area contributed by atoms with Gasteiger partial charge in [-0.15, -0.1) is 0 Å². The number of hydrogen-bond donors (Lipinski definition) is 0. The van der Waals surface area contributed by atoms with Gasteiger partial charge in [0.1, 0.15) is 0 Å². The maximum absolute atomic E-state index is 13.5. The first-order valence-corrected chi connectivity index (χ1v) is 6.19. The van der Waals surface area contributed by atoms with Gasteiger partial charge >= 0.3 is 6.18 Å². The number of carbonyl (C=O) groups excluding carboxylic acids is 2. The van der Waals surface area contributed by atoms with E-state index < -0.39 is 35.4 Å². The van der Waals surface area contributed by atoms with Crippen molar-refractivity contribution in [1.82, 2.24) is 4.90 Å². The summed E-state index contributed by atoms with van der Waals surface area (Å²) in [6.45, 7) is 0. The number of nitrogens with zero attached hydrogens (tertiary/aromatic N) is 1. The lowest BCUT2D eigenvalue weighted by molar-refractivity contribution is -0.193. The number of likely N-dealkylation sites (tertiary alicyclic amines) is 1. The molecule has 108 valence electrons. The van der Waals surface area contributed by atoms with Crippen molar-refractivity contribution in [3.63, 3.8) is 0 Å². The Bertz CT molecular complexity index is 583. The number of alkyl halides is 3. The standard InChI is InChI=1S/C12H8Cl2F3NO2/c1-18-9(19)5-11(10(18)20,12(15,16)17)6-2-7(13)4-8(14)3-6/h2-4H,5H2,1H3. The predicted octanol–water partition coefficient (Wildman–Crippen LogP) is 3.18. The first-order chi connectivity index (χ1) is 9.09. The fourth-order valence-electron chi connectivity index (χ4n) is 2.23. The molecule has 1 saturated heterocycles. The zero-order valence-electron chi connectivity index (χ0n) is 10.1. The van der Waals surface area contributed by atoms with Crippen LogP contribution in [0.3, 0.4) is 0 Å². The molecule has 20 heavy (non-hydrogen) atoms. The van der Waals surface area contributed by atoms with Crippen molar-refractivity contribution in [2.45, 2.75) is 18.0 Å². The Kier molecular flexibility index (Phi) is 3.50. The van der Waals surface area contributed by atoms with Crippen molar-refractivity contribution >= 4 is 35.0 Å². The Balaban J connectivity index is 2.72. The molecule has 1 aliphatic rings. The number of carbonyl (C=O) groups is 2. The molecule has 1 heterocycles. The molecule has 0 radical (unpaired) electrons. The Morgan fingerprint density at radius 2 is 1.65 bits per heavy atom. The average molecular weight is 326 g/mol. The minimum absolute atomic E-state index is 0.0362. The second-order valence-electron chi connectivity index (χ2n) is 4.50. The summed E-state index contributed by atoms with van der Waals surface area (Å²) in [6.07, 6.45) is -5.92. The third-order valence-electron chi connectivity index (χ3n) is 3.30. The summed E-state index contributed by atoms with van der Waals surface area (Å²) in [6, 6.07) is 3.26. The molecule has 2 amide bonds. The van der Waals surface area contributed by atoms with Gasteiger partial charge in [-0.25, -0.2) is 0 Å². The van der Waals surface area contributed by atoms with Gasteiger partial charge < -0.3 is 0 Å². The zero-order valence-corrected chi connectivity index (χ0v) is 11.6. The molecule has 1 aromatic carbocycles. The molecule has 0 saturated carbocycles. The molecule has 0 aliphatic carbocycles. The lowest BCUT2D eigenvalue weighted by atomic mass is 9.78. The van der Waals surface area contributed by atoms with Crippen LogP contribution in [-0.4, -0.2) is 29.9 Å². The van der Waals surface area contributed by atoms with Crippen LogP contribution in [0.4, 0.5) is 13.2 Å². The Morgan fingerprint density at radius 1 is 1.15 bits per heavy atom. The van der Waals surface area contributed by atoms with E-state index in [0.29, 0.717) is 4.90 Å². The van der Waals surface area contributed by atoms with Gasteiger partial charge in [-0.3, -0.25) is 14.5 Å². The highest BCUT2D eigenvalue weighted by atomic mass is 35.5. The van der Waals surface area contributed by atoms with E-state index in [2.05, 4.69) is 0 Å². The van der Waals surface area contributed by atoms with E-state index in [4.69, 9.17) is 23.2 Å². The number of imide groups is 1. The molecule has 2 rings (SSSR count). The van der Waals surface area contributed by atoms with Gasteiger partial charge in [0.25, 0.3) is 0 Å². The molecule has 1 aromatic rings. The van der Waals surface area contributed by atoms with Crippen LogP contribution in [0.25, 0.3) is 0 Å². The summed E-state index contributed by atoms with van der Waals surface area (Å²) in [4.78, 5) is 24.0. The van der Waals surface area contributed by atoms with Crippen LogP contribution in [-0.2, 0) is 15.0 Å². The van der Waals surface area contributed by atoms with Gasteiger partial charge in [0.15, 0.2) is 5.41 Å². The number of amides is 2. The van der Waals surface area contributed by atoms with Gasteiger partial charge in [-0.2, -0.15) is 13.2 Å². The van der Waals surface area contributed by atoms with Crippen LogP contribution in [0, 0.1) is 0 Å². The fraction of sp³-hybridized carbons (Fsp3) is 0.333. The van der Waals surface area contributed by atoms with E-state index in [1.54, 1.807) is 0 Å². The largest absolute Gasteiger partial charge is 0.407 e. The van der Waals surface area contributed by atoms with Crippen LogP contribution in [0.1, 0.15) is 12.0 Å². The predicted molar refractivity (Wildman–Crippen MR) is 66.6 cm³/mol. The van der Waals surface area contributed by atoms with Crippen LogP contribution in [0.5, 0.6) is 0 Å². The molecule has 0 spiro atoms. The fourth-order valence-corrected chi connectivity index (χ4v) is 2.76. The second-order valence-corrected chi connectivity index (χ2v) is 5.37. The molecular formula is C12H8Cl2F3NO2. The van der Waals surface area contributed by atoms with Crippen molar-refractivity contribution < 1.29 is 22.8 Å². The number of hydrogen-bond acceptors (Lipinski definition) is 2. The van der Waals surface area contributed by atoms with E-state index in [0.717, 1.165) is 19.2 Å². The lowest BCUT2D eigenvalue weighted by Crippen LogP contribution is -2.48. The average Bonchev–Trinajstić information content (AvgIpc) is 2.52. The summed E-state index contributed by atoms with van der Waals surface area (Å²) in [5.74, 6) is -2.23. The van der Waals surface area contributed by atoms with E-state index in [9.17, 15) is 22.8 Å². The van der Waals surface area contributed by atoms with Gasteiger partial charge in [-0.05, 0) is 23.8 Å². The summed E-state index contributed by atoms with van der Waals surface area (Å²) < 4.78 is 40.4. The van der Waals surface area contributed by atoms with Crippen LogP contribution >= 0.6 is 23.2 Å². The number of likely N-dealkylation sites (N-methyl/N-ethyl adjacent to an activating group) is 1. The topological polar surface area (TPSA) is 37.4 Å². The third kappa shape index (κ3) is 2.07. The maximum atomic E-state index is 13.5. The quantitative estimate of drug-likeness (QED) is 0.744. The van der Waals surface area contributed by atoms with E-state index in [1.165, 1.54) is 6.07 Å². The second kappa shape index (κ2) is 4.63. The van der Waals surface area contributed by atoms with Crippen LogP contribution in [0.2, 0.25) is 10.0 Å². The summed E-state index contributed by atoms with van der Waals surface area (Å²) in [5, 5.41) is -0.0724. The Morgan fingerprint density at radius 3 is 2.00 bits per heavy atom. The number of rotatable bonds is 1. The van der Waals surface area contributed by atoms with Crippen molar-refractivity contribution in [3.8, 4) is 0 Å². The minimum Gasteiger partial charge on any atom is -0.285 e. The molecule has 0 N–H and O–H groups in total. The monoisotopic (exact) mass is 325 g/mol. The normalized spacial score (nSPS) is 23.6. The smallest absolute Gasteiger partial charge is 0.285 e. The SMILES string of the molecule is CN1C(=O)CC(c2cc(Cl)cc(Cl)c2)(C(F)(F)F)C1=O. The van der Waals surface area contributed by atoms with Crippen molar-refractivity contribution in [2.24, 2.45) is 0 Å². The third-order valence-corrected chi connectivity index (χ3v) is 3.74. The van der Waals surface area contributed by atoms with Crippen molar-refractivity contribution in [2.75, 3.05) is 7.05 Å². The summed E-state index contributed by atoms with van der Waals surface area (Å²) in [7, 11) is 1.02. The minimum atomic E-state index is -4.93. The highest BCUT2D eigenvalue weighted by Crippen LogP contribution is 2.49. The van der Waals surface area contributed by atoms with Gasteiger partial charge in [-0.1, -0.05) is 23.2 Å². The van der Waals surface area contributed by atoms with Crippen LogP contribution in [0.15, 0.2) is 18.2 Å². The number of benzene rings is 1. The van der Waals surface area contributed by atoms with E-state index >= 15 is 0 Å².